The van der Waals surface area contributed by atoms with E-state index in [1.54, 1.807) is 30.3 Å². The minimum absolute atomic E-state index is 0.0150. The molecule has 3 aromatic rings. The first-order chi connectivity index (χ1) is 13.2. The summed E-state index contributed by atoms with van der Waals surface area (Å²) in [7, 11) is 0. The number of hydrogen-bond donors (Lipinski definition) is 2. The van der Waals surface area contributed by atoms with Crippen LogP contribution in [-0.4, -0.2) is 24.0 Å². The van der Waals surface area contributed by atoms with Gasteiger partial charge in [0.15, 0.2) is 0 Å². The van der Waals surface area contributed by atoms with Crippen LogP contribution < -0.4 is 15.6 Å². The molecule has 1 aliphatic heterocycles. The number of amides is 1. The van der Waals surface area contributed by atoms with Gasteiger partial charge in [0.25, 0.3) is 5.91 Å². The largest absolute Gasteiger partial charge is 0.371 e. The third kappa shape index (κ3) is 3.15. The number of anilines is 2. The van der Waals surface area contributed by atoms with Gasteiger partial charge in [-0.25, -0.2) is 0 Å². The van der Waals surface area contributed by atoms with E-state index >= 15 is 0 Å². The molecule has 0 bridgehead atoms. The number of pyridine rings is 1. The van der Waals surface area contributed by atoms with Gasteiger partial charge in [0.1, 0.15) is 11.6 Å². The van der Waals surface area contributed by atoms with E-state index in [1.165, 1.54) is 6.20 Å². The minimum atomic E-state index is -0.535. The Morgan fingerprint density at radius 3 is 2.70 bits per heavy atom. The molecule has 2 heterocycles. The second kappa shape index (κ2) is 6.96. The van der Waals surface area contributed by atoms with Gasteiger partial charge in [0.2, 0.25) is 5.43 Å². The van der Waals surface area contributed by atoms with Crippen LogP contribution in [0.2, 0.25) is 0 Å². The van der Waals surface area contributed by atoms with E-state index in [0.29, 0.717) is 22.2 Å². The Balaban J connectivity index is 1.64. The van der Waals surface area contributed by atoms with Gasteiger partial charge in [-0.2, -0.15) is 5.26 Å². The van der Waals surface area contributed by atoms with Crippen molar-refractivity contribution in [3.8, 4) is 6.07 Å². The first kappa shape index (κ1) is 16.9. The van der Waals surface area contributed by atoms with Crippen molar-refractivity contribution in [2.24, 2.45) is 0 Å². The zero-order valence-electron chi connectivity index (χ0n) is 14.7. The highest BCUT2D eigenvalue weighted by molar-refractivity contribution is 6.06. The van der Waals surface area contributed by atoms with Crippen LogP contribution in [0.15, 0.2) is 53.5 Å². The summed E-state index contributed by atoms with van der Waals surface area (Å²) in [6, 6.07) is 14.6. The van der Waals surface area contributed by atoms with Gasteiger partial charge in [-0.1, -0.05) is 12.1 Å². The van der Waals surface area contributed by atoms with Crippen molar-refractivity contribution in [1.29, 1.82) is 5.26 Å². The Bertz CT molecular complexity index is 1120. The molecule has 1 aromatic heterocycles. The van der Waals surface area contributed by atoms with Crippen molar-refractivity contribution in [2.45, 2.75) is 12.8 Å². The Kier molecular flexibility index (Phi) is 4.35. The first-order valence-electron chi connectivity index (χ1n) is 8.88. The van der Waals surface area contributed by atoms with Crippen molar-refractivity contribution >= 4 is 28.2 Å². The van der Waals surface area contributed by atoms with E-state index in [1.807, 2.05) is 12.1 Å². The molecule has 0 unspecified atom stereocenters. The predicted octanol–water partition coefficient (Wildman–Crippen LogP) is 3.25. The van der Waals surface area contributed by atoms with Gasteiger partial charge >= 0.3 is 0 Å². The fourth-order valence-corrected chi connectivity index (χ4v) is 3.43. The van der Waals surface area contributed by atoms with Crippen LogP contribution >= 0.6 is 0 Å². The molecule has 0 aliphatic carbocycles. The number of aromatic nitrogens is 1. The molecule has 6 nitrogen and oxygen atoms in total. The van der Waals surface area contributed by atoms with Gasteiger partial charge in [0.05, 0.1) is 11.3 Å². The highest BCUT2D eigenvalue weighted by Crippen LogP contribution is 2.26. The molecule has 6 heteroatoms. The zero-order valence-corrected chi connectivity index (χ0v) is 14.7. The summed E-state index contributed by atoms with van der Waals surface area (Å²) in [4.78, 5) is 30.4. The average molecular weight is 358 g/mol. The van der Waals surface area contributed by atoms with Crippen LogP contribution in [0.5, 0.6) is 0 Å². The number of benzene rings is 2. The van der Waals surface area contributed by atoms with E-state index in [4.69, 9.17) is 0 Å². The quantitative estimate of drug-likeness (QED) is 0.752. The summed E-state index contributed by atoms with van der Waals surface area (Å²) in [6.45, 7) is 1.95. The molecule has 1 aliphatic rings. The Morgan fingerprint density at radius 1 is 1.15 bits per heavy atom. The van der Waals surface area contributed by atoms with Crippen LogP contribution in [0.4, 0.5) is 11.4 Å². The lowest BCUT2D eigenvalue weighted by atomic mass is 10.1. The maximum absolute atomic E-state index is 12.6. The third-order valence-electron chi connectivity index (χ3n) is 4.88. The van der Waals surface area contributed by atoms with Crippen molar-refractivity contribution in [1.82, 2.24) is 4.98 Å². The van der Waals surface area contributed by atoms with Gasteiger partial charge in [-0.05, 0) is 43.2 Å². The minimum Gasteiger partial charge on any atom is -0.371 e. The smallest absolute Gasteiger partial charge is 0.261 e. The molecule has 2 aromatic carbocycles. The van der Waals surface area contributed by atoms with E-state index < -0.39 is 5.91 Å². The van der Waals surface area contributed by atoms with Crippen LogP contribution in [-0.2, 0) is 0 Å². The van der Waals surface area contributed by atoms with Gasteiger partial charge in [-0.3, -0.25) is 9.59 Å². The monoisotopic (exact) mass is 358 g/mol. The maximum atomic E-state index is 12.6. The highest BCUT2D eigenvalue weighted by Gasteiger charge is 2.17. The maximum Gasteiger partial charge on any atom is 0.261 e. The van der Waals surface area contributed by atoms with Crippen LogP contribution in [0.25, 0.3) is 10.9 Å². The van der Waals surface area contributed by atoms with E-state index in [2.05, 4.69) is 21.3 Å². The molecule has 27 heavy (non-hydrogen) atoms. The van der Waals surface area contributed by atoms with Gasteiger partial charge in [0, 0.05) is 35.9 Å². The number of fused-ring (bicyclic) bond motifs is 1. The molecule has 4 rings (SSSR count). The number of hydrogen-bond acceptors (Lipinski definition) is 4. The molecule has 1 fully saturated rings. The van der Waals surface area contributed by atoms with Crippen LogP contribution in [0.3, 0.4) is 0 Å². The summed E-state index contributed by atoms with van der Waals surface area (Å²) in [5.41, 5.74) is 2.11. The molecule has 134 valence electrons. The lowest BCUT2D eigenvalue weighted by Gasteiger charge is -2.18. The summed E-state index contributed by atoms with van der Waals surface area (Å²) in [5.74, 6) is -0.535. The van der Waals surface area contributed by atoms with Crippen molar-refractivity contribution < 1.29 is 4.79 Å². The lowest BCUT2D eigenvalue weighted by molar-refractivity contribution is 0.102. The number of rotatable bonds is 3. The van der Waals surface area contributed by atoms with E-state index in [0.717, 1.165) is 31.6 Å². The van der Waals surface area contributed by atoms with Crippen molar-refractivity contribution in [2.75, 3.05) is 23.3 Å². The Morgan fingerprint density at radius 2 is 1.93 bits per heavy atom. The highest BCUT2D eigenvalue weighted by atomic mass is 16.2. The number of nitrogens with one attached hydrogen (secondary N) is 2. The third-order valence-corrected chi connectivity index (χ3v) is 4.88. The normalized spacial score (nSPS) is 13.5. The molecule has 0 saturated carbocycles. The zero-order chi connectivity index (χ0) is 18.8. The molecule has 0 atom stereocenters. The summed E-state index contributed by atoms with van der Waals surface area (Å²) < 4.78 is 0. The number of aromatic amines is 1. The number of carbonyl (C=O) groups excluding carboxylic acids is 1. The lowest BCUT2D eigenvalue weighted by Crippen LogP contribution is -2.22. The standard InChI is InChI=1S/C21H18N4O2/c22-12-14-11-15(25-9-3-4-10-25)7-8-18(14)24-21(27)17-13-23-19-6-2-1-5-16(19)20(17)26/h1-2,5-8,11,13H,3-4,9-10H2,(H,23,26)(H,24,27). The summed E-state index contributed by atoms with van der Waals surface area (Å²) in [5, 5.41) is 12.6. The van der Waals surface area contributed by atoms with E-state index in [9.17, 15) is 14.9 Å². The molecule has 0 radical (unpaired) electrons. The number of carbonyl (C=O) groups is 1. The van der Waals surface area contributed by atoms with Gasteiger partial charge in [-0.15, -0.1) is 0 Å². The second-order valence-corrected chi connectivity index (χ2v) is 6.57. The molecule has 1 amide bonds. The Labute approximate surface area is 156 Å². The first-order valence-corrected chi connectivity index (χ1v) is 8.88. The van der Waals surface area contributed by atoms with Crippen LogP contribution in [0.1, 0.15) is 28.8 Å². The average Bonchev–Trinajstić information content (AvgIpc) is 3.23. The number of nitrogens with zero attached hydrogens (tertiary/aromatic N) is 2. The molecule has 2 N–H and O–H groups in total. The number of nitriles is 1. The topological polar surface area (TPSA) is 89.0 Å². The second-order valence-electron chi connectivity index (χ2n) is 6.57. The number of H-pyrrole nitrogens is 1. The van der Waals surface area contributed by atoms with E-state index in [-0.39, 0.29) is 11.0 Å². The molecular formula is C21H18N4O2. The summed E-state index contributed by atoms with van der Waals surface area (Å²) in [6.07, 6.45) is 3.70. The molecule has 0 spiro atoms. The predicted molar refractivity (Wildman–Crippen MR) is 105 cm³/mol. The Hall–Kier alpha value is -3.59. The van der Waals surface area contributed by atoms with Crippen LogP contribution in [0, 0.1) is 11.3 Å². The van der Waals surface area contributed by atoms with Gasteiger partial charge < -0.3 is 15.2 Å². The SMILES string of the molecule is N#Cc1cc(N2CCCC2)ccc1NC(=O)c1c[nH]c2ccccc2c1=O. The molecule has 1 saturated heterocycles. The fourth-order valence-electron chi connectivity index (χ4n) is 3.43. The fraction of sp³-hybridized carbons (Fsp3) is 0.190. The van der Waals surface area contributed by atoms with Crippen molar-refractivity contribution in [3.05, 3.63) is 70.0 Å². The summed E-state index contributed by atoms with van der Waals surface area (Å²) >= 11 is 0. The number of para-hydroxylation sites is 1. The van der Waals surface area contributed by atoms with Crippen molar-refractivity contribution in [3.63, 3.8) is 0 Å². The molecular weight excluding hydrogens is 340 g/mol.